The molecule has 1 amide bonds. The predicted octanol–water partition coefficient (Wildman–Crippen LogP) is 2.91. The molecule has 1 saturated carbocycles. The third-order valence-electron chi connectivity index (χ3n) is 5.18. The Balaban J connectivity index is 1.66. The van der Waals surface area contributed by atoms with Crippen LogP contribution in [0, 0.1) is 5.92 Å². The maximum absolute atomic E-state index is 12.6. The molecule has 2 aromatic rings. The fourth-order valence-corrected chi connectivity index (χ4v) is 3.71. The van der Waals surface area contributed by atoms with Crippen molar-refractivity contribution >= 4 is 16.9 Å². The van der Waals surface area contributed by atoms with Crippen molar-refractivity contribution in [1.82, 2.24) is 14.5 Å². The third kappa shape index (κ3) is 3.40. The molecule has 0 atom stereocenters. The van der Waals surface area contributed by atoms with E-state index in [1.54, 1.807) is 9.13 Å². The Kier molecular flexibility index (Phi) is 5.07. The second-order valence-corrected chi connectivity index (χ2v) is 6.94. The first-order valence-corrected chi connectivity index (χ1v) is 9.07. The summed E-state index contributed by atoms with van der Waals surface area (Å²) in [4.78, 5) is 24.8. The van der Waals surface area contributed by atoms with Gasteiger partial charge in [0.25, 0.3) is 0 Å². The number of amides is 1. The molecule has 1 N–H and O–H groups in total. The van der Waals surface area contributed by atoms with E-state index < -0.39 is 0 Å². The zero-order chi connectivity index (χ0) is 17.1. The molecule has 1 aromatic carbocycles. The maximum atomic E-state index is 12.6. The predicted molar refractivity (Wildman–Crippen MR) is 96.1 cm³/mol. The number of carbonyl (C=O) groups excluding carboxylic acids is 1. The summed E-state index contributed by atoms with van der Waals surface area (Å²) in [5.74, 6) is 0.826. The first-order chi connectivity index (χ1) is 11.6. The van der Waals surface area contributed by atoms with Crippen molar-refractivity contribution in [1.29, 1.82) is 0 Å². The van der Waals surface area contributed by atoms with E-state index in [-0.39, 0.29) is 11.6 Å². The van der Waals surface area contributed by atoms with E-state index in [1.807, 2.05) is 31.2 Å². The number of carbonyl (C=O) groups is 1. The molecular formula is C19H27N3O2. The van der Waals surface area contributed by atoms with Crippen molar-refractivity contribution in [3.8, 4) is 0 Å². The van der Waals surface area contributed by atoms with Crippen LogP contribution in [0.3, 0.4) is 0 Å². The Morgan fingerprint density at radius 3 is 2.38 bits per heavy atom. The van der Waals surface area contributed by atoms with Gasteiger partial charge in [0.15, 0.2) is 0 Å². The number of rotatable bonds is 5. The zero-order valence-corrected chi connectivity index (χ0v) is 14.6. The molecule has 130 valence electrons. The monoisotopic (exact) mass is 329 g/mol. The highest BCUT2D eigenvalue weighted by atomic mass is 16.2. The number of benzene rings is 1. The molecule has 1 aliphatic rings. The smallest absolute Gasteiger partial charge is 0.329 e. The summed E-state index contributed by atoms with van der Waals surface area (Å²) in [6.07, 6.45) is 4.87. The fourth-order valence-electron chi connectivity index (χ4n) is 3.71. The van der Waals surface area contributed by atoms with Gasteiger partial charge in [0.1, 0.15) is 0 Å². The average Bonchev–Trinajstić information content (AvgIpc) is 2.86. The van der Waals surface area contributed by atoms with E-state index >= 15 is 0 Å². The highest BCUT2D eigenvalue weighted by molar-refractivity contribution is 5.78. The summed E-state index contributed by atoms with van der Waals surface area (Å²) in [5, 5.41) is 3.14. The minimum atomic E-state index is -0.0296. The van der Waals surface area contributed by atoms with Crippen molar-refractivity contribution in [3.63, 3.8) is 0 Å². The minimum Gasteiger partial charge on any atom is -0.353 e. The highest BCUT2D eigenvalue weighted by Crippen LogP contribution is 2.23. The number of hydrogen-bond donors (Lipinski definition) is 1. The minimum absolute atomic E-state index is 0.0296. The number of para-hydroxylation sites is 2. The van der Waals surface area contributed by atoms with Crippen LogP contribution in [-0.4, -0.2) is 21.1 Å². The topological polar surface area (TPSA) is 56.0 Å². The molecule has 1 aliphatic carbocycles. The number of hydrogen-bond acceptors (Lipinski definition) is 2. The number of nitrogens with one attached hydrogen (secondary N) is 1. The average molecular weight is 329 g/mol. The summed E-state index contributed by atoms with van der Waals surface area (Å²) in [5.41, 5.74) is 1.81. The Morgan fingerprint density at radius 2 is 1.75 bits per heavy atom. The van der Waals surface area contributed by atoms with Gasteiger partial charge in [-0.2, -0.15) is 0 Å². The van der Waals surface area contributed by atoms with Gasteiger partial charge in [0.05, 0.1) is 11.0 Å². The van der Waals surface area contributed by atoms with Gasteiger partial charge in [-0.3, -0.25) is 13.9 Å². The Morgan fingerprint density at radius 1 is 1.12 bits per heavy atom. The van der Waals surface area contributed by atoms with Gasteiger partial charge in [-0.05, 0) is 50.7 Å². The molecular weight excluding hydrogens is 302 g/mol. The van der Waals surface area contributed by atoms with Crippen LogP contribution in [-0.2, 0) is 17.9 Å². The lowest BCUT2D eigenvalue weighted by molar-refractivity contribution is -0.122. The van der Waals surface area contributed by atoms with Gasteiger partial charge in [-0.25, -0.2) is 4.79 Å². The molecule has 5 nitrogen and oxygen atoms in total. The summed E-state index contributed by atoms with van der Waals surface area (Å²) in [7, 11) is 0. The van der Waals surface area contributed by atoms with Crippen LogP contribution in [0.2, 0.25) is 0 Å². The summed E-state index contributed by atoms with van der Waals surface area (Å²) < 4.78 is 3.48. The third-order valence-corrected chi connectivity index (χ3v) is 5.18. The number of aromatic nitrogens is 2. The molecule has 1 aromatic heterocycles. The van der Waals surface area contributed by atoms with Crippen LogP contribution in [0.4, 0.5) is 0 Å². The number of nitrogens with zero attached hydrogens (tertiary/aromatic N) is 2. The van der Waals surface area contributed by atoms with E-state index in [0.717, 1.165) is 29.8 Å². The molecule has 24 heavy (non-hydrogen) atoms. The lowest BCUT2D eigenvalue weighted by Crippen LogP contribution is -2.38. The van der Waals surface area contributed by atoms with Gasteiger partial charge < -0.3 is 5.32 Å². The number of imidazole rings is 1. The van der Waals surface area contributed by atoms with E-state index in [2.05, 4.69) is 12.2 Å². The van der Waals surface area contributed by atoms with Gasteiger partial charge >= 0.3 is 5.69 Å². The quantitative estimate of drug-likeness (QED) is 0.917. The molecule has 0 unspecified atom stereocenters. The summed E-state index contributed by atoms with van der Waals surface area (Å²) in [6, 6.07) is 8.09. The maximum Gasteiger partial charge on any atom is 0.329 e. The second kappa shape index (κ2) is 7.24. The van der Waals surface area contributed by atoms with E-state index in [4.69, 9.17) is 0 Å². The standard InChI is InChI=1S/C19H27N3O2/c1-3-21-16-6-4-5-7-17(16)22(19(21)24)13-12-18(23)20-15-10-8-14(2)9-11-15/h4-7,14-15H,3,8-13H2,1-2H3,(H,20,23). The van der Waals surface area contributed by atoms with Crippen LogP contribution in [0.5, 0.6) is 0 Å². The Hall–Kier alpha value is -2.04. The van der Waals surface area contributed by atoms with Crippen LogP contribution in [0.15, 0.2) is 29.1 Å². The van der Waals surface area contributed by atoms with Crippen molar-refractivity contribution in [2.75, 3.05) is 0 Å². The first-order valence-electron chi connectivity index (χ1n) is 9.07. The lowest BCUT2D eigenvalue weighted by atomic mass is 9.87. The molecule has 1 fully saturated rings. The SMILES string of the molecule is CCn1c(=O)n(CCC(=O)NC2CCC(C)CC2)c2ccccc21. The van der Waals surface area contributed by atoms with Gasteiger partial charge in [0.2, 0.25) is 5.91 Å². The van der Waals surface area contributed by atoms with Crippen LogP contribution in [0.1, 0.15) is 46.0 Å². The largest absolute Gasteiger partial charge is 0.353 e. The molecule has 0 radical (unpaired) electrons. The Bertz CT molecular complexity index is 767. The molecule has 0 spiro atoms. The van der Waals surface area contributed by atoms with Crippen molar-refractivity contribution in [2.24, 2.45) is 5.92 Å². The molecule has 5 heteroatoms. The van der Waals surface area contributed by atoms with E-state index in [9.17, 15) is 9.59 Å². The van der Waals surface area contributed by atoms with Gasteiger partial charge in [0, 0.05) is 25.6 Å². The molecule has 1 heterocycles. The zero-order valence-electron chi connectivity index (χ0n) is 14.6. The van der Waals surface area contributed by atoms with Crippen molar-refractivity contribution < 1.29 is 4.79 Å². The van der Waals surface area contributed by atoms with Crippen LogP contribution < -0.4 is 11.0 Å². The summed E-state index contributed by atoms with van der Waals surface area (Å²) >= 11 is 0. The van der Waals surface area contributed by atoms with Crippen molar-refractivity contribution in [3.05, 3.63) is 34.7 Å². The van der Waals surface area contributed by atoms with Gasteiger partial charge in [-0.15, -0.1) is 0 Å². The lowest BCUT2D eigenvalue weighted by Gasteiger charge is -2.26. The number of fused-ring (bicyclic) bond motifs is 1. The molecule has 3 rings (SSSR count). The van der Waals surface area contributed by atoms with E-state index in [0.29, 0.717) is 25.6 Å². The van der Waals surface area contributed by atoms with Crippen LogP contribution in [0.25, 0.3) is 11.0 Å². The fraction of sp³-hybridized carbons (Fsp3) is 0.579. The van der Waals surface area contributed by atoms with Gasteiger partial charge in [-0.1, -0.05) is 19.1 Å². The molecule has 0 aliphatic heterocycles. The van der Waals surface area contributed by atoms with Crippen molar-refractivity contribution in [2.45, 2.75) is 65.1 Å². The number of aryl methyl sites for hydroxylation is 2. The highest BCUT2D eigenvalue weighted by Gasteiger charge is 2.20. The normalized spacial score (nSPS) is 21.1. The molecule has 0 bridgehead atoms. The summed E-state index contributed by atoms with van der Waals surface area (Å²) in [6.45, 7) is 5.31. The Labute approximate surface area is 142 Å². The second-order valence-electron chi connectivity index (χ2n) is 6.94. The first kappa shape index (κ1) is 16.8. The van der Waals surface area contributed by atoms with E-state index in [1.165, 1.54) is 12.8 Å². The van der Waals surface area contributed by atoms with Crippen LogP contribution >= 0.6 is 0 Å². The molecule has 0 saturated heterocycles.